The summed E-state index contributed by atoms with van der Waals surface area (Å²) in [6.45, 7) is 4.24. The van der Waals surface area contributed by atoms with E-state index in [-0.39, 0.29) is 0 Å². The van der Waals surface area contributed by atoms with Gasteiger partial charge in [-0.3, -0.25) is 0 Å². The van der Waals surface area contributed by atoms with Crippen LogP contribution in [0.15, 0.2) is 72.8 Å². The van der Waals surface area contributed by atoms with Crippen molar-refractivity contribution in [3.63, 3.8) is 0 Å². The van der Waals surface area contributed by atoms with Crippen molar-refractivity contribution in [2.75, 3.05) is 40.4 Å². The lowest BCUT2D eigenvalue weighted by atomic mass is 9.96. The maximum Gasteiger partial charge on any atom is 0.164 e. The van der Waals surface area contributed by atoms with Crippen molar-refractivity contribution in [2.24, 2.45) is 0 Å². The molecule has 3 aromatic rings. The second-order valence-corrected chi connectivity index (χ2v) is 9.32. The number of hydrogen-bond donors (Lipinski definition) is 2. The fourth-order valence-corrected chi connectivity index (χ4v) is 4.66. The van der Waals surface area contributed by atoms with Crippen LogP contribution in [0, 0.1) is 0 Å². The van der Waals surface area contributed by atoms with Crippen LogP contribution in [0.5, 0.6) is 11.5 Å². The van der Waals surface area contributed by atoms with Gasteiger partial charge in [-0.15, -0.1) is 0 Å². The average Bonchev–Trinajstić information content (AvgIpc) is 2.93. The zero-order valence-corrected chi connectivity index (χ0v) is 22.2. The van der Waals surface area contributed by atoms with Gasteiger partial charge in [0.1, 0.15) is 0 Å². The summed E-state index contributed by atoms with van der Waals surface area (Å²) in [7, 11) is 3.45. The molecule has 3 rings (SSSR count). The van der Waals surface area contributed by atoms with Gasteiger partial charge in [-0.1, -0.05) is 79.6 Å². The molecule has 0 heterocycles. The molecule has 0 aliphatic carbocycles. The summed E-state index contributed by atoms with van der Waals surface area (Å²) in [6.07, 6.45) is 9.10. The van der Waals surface area contributed by atoms with E-state index in [0.717, 1.165) is 63.4 Å². The Morgan fingerprint density at radius 2 is 1.11 bits per heavy atom. The highest BCUT2D eigenvalue weighted by Crippen LogP contribution is 2.34. The van der Waals surface area contributed by atoms with E-state index in [1.54, 1.807) is 14.2 Å². The molecule has 0 spiro atoms. The normalized spacial score (nSPS) is 10.9. The molecule has 0 bridgehead atoms. The Morgan fingerprint density at radius 3 is 1.69 bits per heavy atom. The van der Waals surface area contributed by atoms with Gasteiger partial charge in [-0.25, -0.2) is 0 Å². The summed E-state index contributed by atoms with van der Waals surface area (Å²) in [5.74, 6) is 1.69. The van der Waals surface area contributed by atoms with Crippen molar-refractivity contribution in [3.8, 4) is 11.5 Å². The number of methoxy groups -OCH3 is 2. The smallest absolute Gasteiger partial charge is 0.164 e. The number of ether oxygens (including phenoxy) is 2. The Morgan fingerprint density at radius 1 is 0.528 bits per heavy atom. The Kier molecular flexibility index (Phi) is 12.9. The minimum absolute atomic E-state index is 0.812. The maximum atomic E-state index is 5.78. The lowest BCUT2D eigenvalue weighted by Crippen LogP contribution is -2.20. The summed E-state index contributed by atoms with van der Waals surface area (Å²) in [5.41, 5.74) is 5.37. The fraction of sp³-hybridized carbons (Fsp3) is 0.438. The first-order chi connectivity index (χ1) is 17.8. The molecule has 0 amide bonds. The van der Waals surface area contributed by atoms with Crippen LogP contribution in [0.4, 0.5) is 0 Å². The Labute approximate surface area is 218 Å². The van der Waals surface area contributed by atoms with E-state index < -0.39 is 0 Å². The molecule has 3 aromatic carbocycles. The summed E-state index contributed by atoms with van der Waals surface area (Å²) >= 11 is 0. The SMILES string of the molecule is COc1ccc(CCNCCCCCCNCCc2ccccc2)c(CCc2ccccc2)c1OC. The number of aryl methyl sites for hydroxylation is 1. The molecule has 0 fully saturated rings. The quantitative estimate of drug-likeness (QED) is 0.215. The predicted octanol–water partition coefficient (Wildman–Crippen LogP) is 6.01. The van der Waals surface area contributed by atoms with Crippen LogP contribution in [-0.2, 0) is 25.7 Å². The summed E-state index contributed by atoms with van der Waals surface area (Å²) in [6, 6.07) is 25.6. The van der Waals surface area contributed by atoms with Crippen molar-refractivity contribution in [2.45, 2.75) is 51.4 Å². The van der Waals surface area contributed by atoms with Crippen molar-refractivity contribution in [3.05, 3.63) is 95.1 Å². The molecule has 0 saturated heterocycles. The maximum absolute atomic E-state index is 5.78. The van der Waals surface area contributed by atoms with Crippen LogP contribution in [0.3, 0.4) is 0 Å². The van der Waals surface area contributed by atoms with E-state index in [1.807, 2.05) is 6.07 Å². The largest absolute Gasteiger partial charge is 0.493 e. The summed E-state index contributed by atoms with van der Waals surface area (Å²) < 4.78 is 11.3. The molecule has 0 aromatic heterocycles. The molecule has 36 heavy (non-hydrogen) atoms. The molecule has 0 aliphatic rings. The minimum Gasteiger partial charge on any atom is -0.493 e. The van der Waals surface area contributed by atoms with Crippen molar-refractivity contribution in [1.29, 1.82) is 0 Å². The molecule has 4 nitrogen and oxygen atoms in total. The molecule has 0 radical (unpaired) electrons. The highest BCUT2D eigenvalue weighted by Gasteiger charge is 2.15. The zero-order chi connectivity index (χ0) is 25.3. The van der Waals surface area contributed by atoms with Gasteiger partial charge in [0.05, 0.1) is 14.2 Å². The topological polar surface area (TPSA) is 42.5 Å². The second kappa shape index (κ2) is 16.8. The number of nitrogens with one attached hydrogen (secondary N) is 2. The van der Waals surface area contributed by atoms with E-state index in [0.29, 0.717) is 0 Å². The highest BCUT2D eigenvalue weighted by atomic mass is 16.5. The average molecular weight is 489 g/mol. The molecule has 0 unspecified atom stereocenters. The molecule has 4 heteroatoms. The predicted molar refractivity (Wildman–Crippen MR) is 151 cm³/mol. The Bertz CT molecular complexity index is 976. The van der Waals surface area contributed by atoms with Gasteiger partial charge in [0.25, 0.3) is 0 Å². The van der Waals surface area contributed by atoms with Crippen molar-refractivity contribution >= 4 is 0 Å². The molecular weight excluding hydrogens is 444 g/mol. The zero-order valence-electron chi connectivity index (χ0n) is 22.2. The molecule has 0 saturated carbocycles. The second-order valence-electron chi connectivity index (χ2n) is 9.32. The monoisotopic (exact) mass is 488 g/mol. The Hall–Kier alpha value is -2.82. The van der Waals surface area contributed by atoms with E-state index in [9.17, 15) is 0 Å². The van der Waals surface area contributed by atoms with E-state index in [4.69, 9.17) is 9.47 Å². The number of benzene rings is 3. The van der Waals surface area contributed by atoms with Gasteiger partial charge >= 0.3 is 0 Å². The van der Waals surface area contributed by atoms with E-state index in [2.05, 4.69) is 77.4 Å². The van der Waals surface area contributed by atoms with Gasteiger partial charge < -0.3 is 20.1 Å². The standard InChI is InChI=1S/C32H44N2O2/c1-35-31-20-18-29(30(32(31)36-2)19-17-27-13-7-5-8-14-27)22-26-34-24-12-4-3-11-23-33-25-21-28-15-9-6-10-16-28/h5-10,13-16,18,20,33-34H,3-4,11-12,17,19,21-26H2,1-2H3. The molecule has 0 atom stereocenters. The highest BCUT2D eigenvalue weighted by molar-refractivity contribution is 5.51. The molecule has 194 valence electrons. The van der Waals surface area contributed by atoms with Crippen LogP contribution >= 0.6 is 0 Å². The van der Waals surface area contributed by atoms with Crippen LogP contribution < -0.4 is 20.1 Å². The minimum atomic E-state index is 0.812. The lowest BCUT2D eigenvalue weighted by Gasteiger charge is -2.17. The van der Waals surface area contributed by atoms with Crippen LogP contribution in [0.1, 0.15) is 47.9 Å². The van der Waals surface area contributed by atoms with Gasteiger partial charge in [0.2, 0.25) is 0 Å². The third kappa shape index (κ3) is 9.67. The van der Waals surface area contributed by atoms with E-state index >= 15 is 0 Å². The number of hydrogen-bond acceptors (Lipinski definition) is 4. The fourth-order valence-electron chi connectivity index (χ4n) is 4.66. The van der Waals surface area contributed by atoms with Crippen LogP contribution in [-0.4, -0.2) is 40.4 Å². The van der Waals surface area contributed by atoms with E-state index in [1.165, 1.54) is 47.9 Å². The van der Waals surface area contributed by atoms with Gasteiger partial charge in [-0.05, 0) is 87.5 Å². The van der Waals surface area contributed by atoms with Crippen LogP contribution in [0.2, 0.25) is 0 Å². The number of unbranched alkanes of at least 4 members (excludes halogenated alkanes) is 3. The van der Waals surface area contributed by atoms with Gasteiger partial charge in [0, 0.05) is 5.56 Å². The van der Waals surface area contributed by atoms with Gasteiger partial charge in [-0.2, -0.15) is 0 Å². The lowest BCUT2D eigenvalue weighted by molar-refractivity contribution is 0.351. The molecule has 0 aliphatic heterocycles. The van der Waals surface area contributed by atoms with Crippen molar-refractivity contribution in [1.82, 2.24) is 10.6 Å². The molecule has 2 N–H and O–H groups in total. The third-order valence-electron chi connectivity index (χ3n) is 6.71. The molecular formula is C32H44N2O2. The number of rotatable bonds is 18. The van der Waals surface area contributed by atoms with Crippen molar-refractivity contribution < 1.29 is 9.47 Å². The van der Waals surface area contributed by atoms with Crippen LogP contribution in [0.25, 0.3) is 0 Å². The van der Waals surface area contributed by atoms with Gasteiger partial charge in [0.15, 0.2) is 11.5 Å². The Balaban J connectivity index is 1.31. The first-order valence-corrected chi connectivity index (χ1v) is 13.5. The summed E-state index contributed by atoms with van der Waals surface area (Å²) in [4.78, 5) is 0. The summed E-state index contributed by atoms with van der Waals surface area (Å²) in [5, 5.41) is 7.21. The third-order valence-corrected chi connectivity index (χ3v) is 6.71. The first-order valence-electron chi connectivity index (χ1n) is 13.5. The first kappa shape index (κ1) is 27.8.